The molecule has 0 aromatic heterocycles. The molecule has 1 fully saturated rings. The van der Waals surface area contributed by atoms with Crippen LogP contribution >= 0.6 is 11.8 Å². The first-order valence-corrected chi connectivity index (χ1v) is 8.99. The molecule has 1 aliphatic heterocycles. The van der Waals surface area contributed by atoms with E-state index in [0.29, 0.717) is 5.69 Å². The summed E-state index contributed by atoms with van der Waals surface area (Å²) in [7, 11) is 0. The SMILES string of the molecule is CC(SCC(=O)Nc1ccc(F)cc1)C(=O)N1CCCCC1C. The van der Waals surface area contributed by atoms with Crippen molar-refractivity contribution in [1.29, 1.82) is 0 Å². The maximum atomic E-state index is 12.8. The first-order valence-electron chi connectivity index (χ1n) is 7.95. The van der Waals surface area contributed by atoms with Gasteiger partial charge in [-0.3, -0.25) is 9.59 Å². The van der Waals surface area contributed by atoms with Gasteiger partial charge in [-0.05, 0) is 57.4 Å². The van der Waals surface area contributed by atoms with E-state index in [-0.39, 0.29) is 34.7 Å². The van der Waals surface area contributed by atoms with Crippen LogP contribution in [0.4, 0.5) is 10.1 Å². The molecule has 2 unspecified atom stereocenters. The van der Waals surface area contributed by atoms with E-state index in [1.165, 1.54) is 42.4 Å². The van der Waals surface area contributed by atoms with Crippen LogP contribution in [0.15, 0.2) is 24.3 Å². The van der Waals surface area contributed by atoms with Crippen LogP contribution in [-0.2, 0) is 9.59 Å². The number of benzene rings is 1. The van der Waals surface area contributed by atoms with Crippen molar-refractivity contribution in [3.05, 3.63) is 30.1 Å². The molecule has 0 bridgehead atoms. The molecule has 1 heterocycles. The zero-order valence-corrected chi connectivity index (χ0v) is 14.4. The van der Waals surface area contributed by atoms with Gasteiger partial charge in [-0.2, -0.15) is 0 Å². The molecule has 23 heavy (non-hydrogen) atoms. The second kappa shape index (κ2) is 8.34. The molecule has 1 aliphatic rings. The molecule has 126 valence electrons. The summed E-state index contributed by atoms with van der Waals surface area (Å²) in [5, 5.41) is 2.46. The molecular formula is C17H23FN2O2S. The Morgan fingerprint density at radius 3 is 2.70 bits per heavy atom. The fourth-order valence-corrected chi connectivity index (χ4v) is 3.41. The second-order valence-electron chi connectivity index (χ2n) is 5.88. The van der Waals surface area contributed by atoms with Gasteiger partial charge in [0.1, 0.15) is 5.82 Å². The lowest BCUT2D eigenvalue weighted by atomic mass is 10.0. The Hall–Kier alpha value is -1.56. The highest BCUT2D eigenvalue weighted by Crippen LogP contribution is 2.21. The van der Waals surface area contributed by atoms with Crippen molar-refractivity contribution in [2.75, 3.05) is 17.6 Å². The number of nitrogens with one attached hydrogen (secondary N) is 1. The average molecular weight is 338 g/mol. The summed E-state index contributed by atoms with van der Waals surface area (Å²) >= 11 is 1.33. The van der Waals surface area contributed by atoms with Crippen molar-refractivity contribution in [2.24, 2.45) is 0 Å². The number of halogens is 1. The summed E-state index contributed by atoms with van der Waals surface area (Å²) in [5.41, 5.74) is 0.556. The van der Waals surface area contributed by atoms with Gasteiger partial charge in [-0.25, -0.2) is 4.39 Å². The number of hydrogen-bond acceptors (Lipinski definition) is 3. The third-order valence-corrected chi connectivity index (χ3v) is 5.16. The van der Waals surface area contributed by atoms with Gasteiger partial charge in [-0.15, -0.1) is 11.8 Å². The van der Waals surface area contributed by atoms with E-state index < -0.39 is 0 Å². The van der Waals surface area contributed by atoms with Crippen LogP contribution in [0.25, 0.3) is 0 Å². The minimum absolute atomic E-state index is 0.108. The van der Waals surface area contributed by atoms with E-state index in [1.807, 2.05) is 11.8 Å². The zero-order chi connectivity index (χ0) is 16.8. The van der Waals surface area contributed by atoms with E-state index in [1.54, 1.807) is 0 Å². The Morgan fingerprint density at radius 2 is 2.04 bits per heavy atom. The lowest BCUT2D eigenvalue weighted by Crippen LogP contribution is -2.45. The zero-order valence-electron chi connectivity index (χ0n) is 13.5. The summed E-state index contributed by atoms with van der Waals surface area (Å²) < 4.78 is 12.8. The van der Waals surface area contributed by atoms with Gasteiger partial charge < -0.3 is 10.2 Å². The van der Waals surface area contributed by atoms with E-state index in [4.69, 9.17) is 0 Å². The summed E-state index contributed by atoms with van der Waals surface area (Å²) in [6.07, 6.45) is 3.28. The number of nitrogens with zero attached hydrogens (tertiary/aromatic N) is 1. The van der Waals surface area contributed by atoms with E-state index in [9.17, 15) is 14.0 Å². The van der Waals surface area contributed by atoms with Gasteiger partial charge in [0.15, 0.2) is 0 Å². The number of likely N-dealkylation sites (tertiary alicyclic amines) is 1. The fraction of sp³-hybridized carbons (Fsp3) is 0.529. The normalized spacial score (nSPS) is 19.3. The Labute approximate surface area is 140 Å². The number of amides is 2. The highest BCUT2D eigenvalue weighted by Gasteiger charge is 2.27. The van der Waals surface area contributed by atoms with Gasteiger partial charge >= 0.3 is 0 Å². The molecule has 1 aromatic carbocycles. The Kier molecular flexibility index (Phi) is 6.45. The third-order valence-electron chi connectivity index (χ3n) is 4.03. The monoisotopic (exact) mass is 338 g/mol. The molecule has 1 saturated heterocycles. The molecule has 1 aromatic rings. The number of hydrogen-bond donors (Lipinski definition) is 1. The Morgan fingerprint density at radius 1 is 1.35 bits per heavy atom. The predicted molar refractivity (Wildman–Crippen MR) is 92.0 cm³/mol. The van der Waals surface area contributed by atoms with Crippen LogP contribution in [0.2, 0.25) is 0 Å². The maximum Gasteiger partial charge on any atom is 0.235 e. The Bertz CT molecular complexity index is 550. The van der Waals surface area contributed by atoms with Gasteiger partial charge in [0.25, 0.3) is 0 Å². The van der Waals surface area contributed by atoms with Crippen molar-refractivity contribution in [1.82, 2.24) is 4.90 Å². The molecule has 1 N–H and O–H groups in total. The summed E-state index contributed by atoms with van der Waals surface area (Å²) in [5.74, 6) is -0.219. The highest BCUT2D eigenvalue weighted by molar-refractivity contribution is 8.01. The van der Waals surface area contributed by atoms with Gasteiger partial charge in [-0.1, -0.05) is 0 Å². The van der Waals surface area contributed by atoms with E-state index in [2.05, 4.69) is 12.2 Å². The topological polar surface area (TPSA) is 49.4 Å². The van der Waals surface area contributed by atoms with Gasteiger partial charge in [0.05, 0.1) is 11.0 Å². The third kappa shape index (κ3) is 5.23. The largest absolute Gasteiger partial charge is 0.339 e. The van der Waals surface area contributed by atoms with Crippen LogP contribution in [0.1, 0.15) is 33.1 Å². The molecular weight excluding hydrogens is 315 g/mol. The standard InChI is InChI=1S/C17H23FN2O2S/c1-12-5-3-4-10-20(12)17(22)13(2)23-11-16(21)19-15-8-6-14(18)7-9-15/h6-9,12-13H,3-5,10-11H2,1-2H3,(H,19,21). The van der Waals surface area contributed by atoms with Crippen LogP contribution in [-0.4, -0.2) is 40.3 Å². The first kappa shape index (κ1) is 17.8. The van der Waals surface area contributed by atoms with Crippen LogP contribution in [0, 0.1) is 5.82 Å². The number of anilines is 1. The maximum absolute atomic E-state index is 12.8. The van der Waals surface area contributed by atoms with Crippen molar-refractivity contribution in [3.8, 4) is 0 Å². The van der Waals surface area contributed by atoms with Crippen LogP contribution in [0.3, 0.4) is 0 Å². The number of rotatable bonds is 5. The summed E-state index contributed by atoms with van der Waals surface area (Å²) in [4.78, 5) is 26.3. The summed E-state index contributed by atoms with van der Waals surface area (Å²) in [6, 6.07) is 5.91. The first-order chi connectivity index (χ1) is 11.0. The number of carbonyl (C=O) groups excluding carboxylic acids is 2. The molecule has 0 aliphatic carbocycles. The van der Waals surface area contributed by atoms with E-state index in [0.717, 1.165) is 19.4 Å². The van der Waals surface area contributed by atoms with E-state index >= 15 is 0 Å². The Balaban J connectivity index is 1.78. The molecule has 2 atom stereocenters. The summed E-state index contributed by atoms with van der Waals surface area (Å²) in [6.45, 7) is 4.74. The highest BCUT2D eigenvalue weighted by atomic mass is 32.2. The quantitative estimate of drug-likeness (QED) is 0.896. The minimum atomic E-state index is -0.341. The number of thioether (sulfide) groups is 1. The molecule has 0 radical (unpaired) electrons. The smallest absolute Gasteiger partial charge is 0.235 e. The fourth-order valence-electron chi connectivity index (χ4n) is 2.66. The van der Waals surface area contributed by atoms with Crippen molar-refractivity contribution < 1.29 is 14.0 Å². The molecule has 6 heteroatoms. The molecule has 0 saturated carbocycles. The predicted octanol–water partition coefficient (Wildman–Crippen LogP) is 3.29. The minimum Gasteiger partial charge on any atom is -0.339 e. The molecule has 2 rings (SSSR count). The lowest BCUT2D eigenvalue weighted by molar-refractivity contribution is -0.133. The van der Waals surface area contributed by atoms with Crippen LogP contribution < -0.4 is 5.32 Å². The number of carbonyl (C=O) groups is 2. The van der Waals surface area contributed by atoms with Crippen molar-refractivity contribution in [2.45, 2.75) is 44.4 Å². The van der Waals surface area contributed by atoms with Crippen molar-refractivity contribution in [3.63, 3.8) is 0 Å². The molecule has 2 amide bonds. The lowest BCUT2D eigenvalue weighted by Gasteiger charge is -2.35. The average Bonchev–Trinajstić information content (AvgIpc) is 2.54. The van der Waals surface area contributed by atoms with Gasteiger partial charge in [0, 0.05) is 18.3 Å². The molecule has 4 nitrogen and oxygen atoms in total. The second-order valence-corrected chi connectivity index (χ2v) is 7.21. The van der Waals surface area contributed by atoms with Crippen molar-refractivity contribution >= 4 is 29.3 Å². The molecule has 0 spiro atoms. The van der Waals surface area contributed by atoms with Crippen LogP contribution in [0.5, 0.6) is 0 Å². The number of piperidine rings is 1. The van der Waals surface area contributed by atoms with Gasteiger partial charge in [0.2, 0.25) is 11.8 Å².